The lowest BCUT2D eigenvalue weighted by molar-refractivity contribution is 0.902. The van der Waals surface area contributed by atoms with Gasteiger partial charge >= 0.3 is 0 Å². The van der Waals surface area contributed by atoms with Crippen molar-refractivity contribution in [3.8, 4) is 6.07 Å². The van der Waals surface area contributed by atoms with Crippen LogP contribution in [0.1, 0.15) is 11.3 Å². The Balaban J connectivity index is 1.77. The Labute approximate surface area is 117 Å². The fraction of sp³-hybridized carbons (Fsp3) is 0.125. The predicted octanol–water partition coefficient (Wildman–Crippen LogP) is 3.06. The van der Waals surface area contributed by atoms with E-state index in [1.54, 1.807) is 6.20 Å². The number of rotatable bonds is 3. The van der Waals surface area contributed by atoms with E-state index in [9.17, 15) is 0 Å². The van der Waals surface area contributed by atoms with Crippen molar-refractivity contribution in [3.05, 3.63) is 60.0 Å². The van der Waals surface area contributed by atoms with Crippen LogP contribution in [0.2, 0.25) is 0 Å². The minimum Gasteiger partial charge on any atom is -0.381 e. The highest BCUT2D eigenvalue weighted by Crippen LogP contribution is 2.18. The monoisotopic (exact) mass is 262 g/mol. The molecule has 3 aromatic rings. The molecule has 4 nitrogen and oxygen atoms in total. The maximum atomic E-state index is 8.94. The maximum Gasteiger partial charge on any atom is 0.120 e. The molecule has 0 spiro atoms. The minimum absolute atomic E-state index is 0.671. The van der Waals surface area contributed by atoms with Crippen molar-refractivity contribution in [2.45, 2.75) is 6.54 Å². The summed E-state index contributed by atoms with van der Waals surface area (Å²) < 4.78 is 1.83. The van der Waals surface area contributed by atoms with Gasteiger partial charge in [0.1, 0.15) is 11.8 Å². The lowest BCUT2D eigenvalue weighted by atomic mass is 10.2. The van der Waals surface area contributed by atoms with Gasteiger partial charge in [0.25, 0.3) is 0 Å². The van der Waals surface area contributed by atoms with Crippen LogP contribution in [-0.4, -0.2) is 9.55 Å². The van der Waals surface area contributed by atoms with Gasteiger partial charge in [-0.2, -0.15) is 5.26 Å². The number of fused-ring (bicyclic) bond motifs is 1. The summed E-state index contributed by atoms with van der Waals surface area (Å²) in [5.74, 6) is 0. The fourth-order valence-electron chi connectivity index (χ4n) is 2.23. The highest BCUT2D eigenvalue weighted by molar-refractivity contribution is 5.82. The smallest absolute Gasteiger partial charge is 0.120 e. The number of benzene rings is 1. The molecular weight excluding hydrogens is 248 g/mol. The van der Waals surface area contributed by atoms with E-state index in [-0.39, 0.29) is 0 Å². The standard InChI is InChI=1S/C16H14N4/c1-20-11-12(7-15(20)9-17)10-19-14-4-5-16-13(8-14)3-2-6-18-16/h2-8,11,19H,10H2,1H3. The molecule has 0 atom stereocenters. The van der Waals surface area contributed by atoms with E-state index in [0.29, 0.717) is 12.2 Å². The van der Waals surface area contributed by atoms with Crippen LogP contribution < -0.4 is 5.32 Å². The summed E-state index contributed by atoms with van der Waals surface area (Å²) in [6.07, 6.45) is 3.76. The zero-order valence-electron chi connectivity index (χ0n) is 11.2. The molecule has 0 aliphatic heterocycles. The third-order valence-corrected chi connectivity index (χ3v) is 3.28. The molecule has 0 amide bonds. The van der Waals surface area contributed by atoms with Crippen molar-refractivity contribution in [2.75, 3.05) is 5.32 Å². The van der Waals surface area contributed by atoms with Gasteiger partial charge in [0.05, 0.1) is 5.52 Å². The first-order chi connectivity index (χ1) is 9.76. The second kappa shape index (κ2) is 5.06. The summed E-state index contributed by atoms with van der Waals surface area (Å²) in [7, 11) is 1.88. The zero-order chi connectivity index (χ0) is 13.9. The summed E-state index contributed by atoms with van der Waals surface area (Å²) >= 11 is 0. The van der Waals surface area contributed by atoms with Crippen LogP contribution in [0.25, 0.3) is 10.9 Å². The van der Waals surface area contributed by atoms with Crippen LogP contribution in [0.4, 0.5) is 5.69 Å². The molecule has 4 heteroatoms. The summed E-state index contributed by atoms with van der Waals surface area (Å²) in [4.78, 5) is 4.30. The quantitative estimate of drug-likeness (QED) is 0.789. The van der Waals surface area contributed by atoms with Crippen molar-refractivity contribution in [3.63, 3.8) is 0 Å². The largest absolute Gasteiger partial charge is 0.381 e. The Morgan fingerprint density at radius 3 is 3.00 bits per heavy atom. The number of hydrogen-bond acceptors (Lipinski definition) is 3. The number of nitriles is 1. The topological polar surface area (TPSA) is 53.6 Å². The first-order valence-electron chi connectivity index (χ1n) is 6.40. The first kappa shape index (κ1) is 12.2. The second-order valence-electron chi connectivity index (χ2n) is 4.72. The Kier molecular flexibility index (Phi) is 3.10. The minimum atomic E-state index is 0.671. The van der Waals surface area contributed by atoms with Crippen molar-refractivity contribution < 1.29 is 0 Å². The molecule has 98 valence electrons. The van der Waals surface area contributed by atoms with Gasteiger partial charge < -0.3 is 9.88 Å². The SMILES string of the molecule is Cn1cc(CNc2ccc3ncccc3c2)cc1C#N. The number of hydrogen-bond donors (Lipinski definition) is 1. The number of anilines is 1. The van der Waals surface area contributed by atoms with E-state index >= 15 is 0 Å². The van der Waals surface area contributed by atoms with Crippen LogP contribution in [-0.2, 0) is 13.6 Å². The zero-order valence-corrected chi connectivity index (χ0v) is 11.2. The Bertz CT molecular complexity index is 796. The number of aryl methyl sites for hydroxylation is 1. The summed E-state index contributed by atoms with van der Waals surface area (Å²) in [5.41, 5.74) is 3.80. The Morgan fingerprint density at radius 1 is 1.30 bits per heavy atom. The van der Waals surface area contributed by atoms with Gasteiger partial charge in [0, 0.05) is 37.1 Å². The molecule has 0 aliphatic rings. The molecule has 20 heavy (non-hydrogen) atoms. The van der Waals surface area contributed by atoms with E-state index in [1.807, 2.05) is 48.1 Å². The first-order valence-corrected chi connectivity index (χ1v) is 6.40. The molecule has 0 aliphatic carbocycles. The van der Waals surface area contributed by atoms with Crippen molar-refractivity contribution in [1.82, 2.24) is 9.55 Å². The summed E-state index contributed by atoms with van der Waals surface area (Å²) in [6, 6.07) is 14.1. The van der Waals surface area contributed by atoms with Crippen LogP contribution >= 0.6 is 0 Å². The van der Waals surface area contributed by atoms with Crippen molar-refractivity contribution in [2.24, 2.45) is 7.05 Å². The van der Waals surface area contributed by atoms with Gasteiger partial charge in [-0.15, -0.1) is 0 Å². The molecule has 2 heterocycles. The van der Waals surface area contributed by atoms with Gasteiger partial charge in [0.2, 0.25) is 0 Å². The molecule has 1 aromatic carbocycles. The normalized spacial score (nSPS) is 10.4. The summed E-state index contributed by atoms with van der Waals surface area (Å²) in [5, 5.41) is 13.4. The van der Waals surface area contributed by atoms with E-state index < -0.39 is 0 Å². The lowest BCUT2D eigenvalue weighted by Gasteiger charge is -2.06. The number of aromatic nitrogens is 2. The number of nitrogens with zero attached hydrogens (tertiary/aromatic N) is 3. The van der Waals surface area contributed by atoms with Crippen LogP contribution in [0.3, 0.4) is 0 Å². The average molecular weight is 262 g/mol. The second-order valence-corrected chi connectivity index (χ2v) is 4.72. The van der Waals surface area contributed by atoms with E-state index in [2.05, 4.69) is 22.4 Å². The third kappa shape index (κ3) is 2.34. The van der Waals surface area contributed by atoms with Gasteiger partial charge in [-0.05, 0) is 35.9 Å². The summed E-state index contributed by atoms with van der Waals surface area (Å²) in [6.45, 7) is 0.696. The van der Waals surface area contributed by atoms with Gasteiger partial charge in [-0.1, -0.05) is 6.07 Å². The number of nitrogens with one attached hydrogen (secondary N) is 1. The average Bonchev–Trinajstić information content (AvgIpc) is 2.85. The van der Waals surface area contributed by atoms with Crippen molar-refractivity contribution >= 4 is 16.6 Å². The van der Waals surface area contributed by atoms with Gasteiger partial charge in [-0.3, -0.25) is 4.98 Å². The van der Waals surface area contributed by atoms with Crippen molar-refractivity contribution in [1.29, 1.82) is 5.26 Å². The fourth-order valence-corrected chi connectivity index (χ4v) is 2.23. The van der Waals surface area contributed by atoms with Gasteiger partial charge in [0.15, 0.2) is 0 Å². The Hall–Kier alpha value is -2.80. The van der Waals surface area contributed by atoms with Gasteiger partial charge in [-0.25, -0.2) is 0 Å². The molecule has 0 saturated heterocycles. The molecule has 1 N–H and O–H groups in total. The number of pyridine rings is 1. The van der Waals surface area contributed by atoms with Crippen LogP contribution in [0.15, 0.2) is 48.8 Å². The van der Waals surface area contributed by atoms with E-state index in [1.165, 1.54) is 0 Å². The lowest BCUT2D eigenvalue weighted by Crippen LogP contribution is -1.98. The molecule has 0 unspecified atom stereocenters. The molecule has 0 bridgehead atoms. The molecule has 2 aromatic heterocycles. The Morgan fingerprint density at radius 2 is 2.20 bits per heavy atom. The predicted molar refractivity (Wildman–Crippen MR) is 79.2 cm³/mol. The molecule has 0 radical (unpaired) electrons. The van der Waals surface area contributed by atoms with Crippen LogP contribution in [0, 0.1) is 11.3 Å². The van der Waals surface area contributed by atoms with Crippen LogP contribution in [0.5, 0.6) is 0 Å². The highest BCUT2D eigenvalue weighted by Gasteiger charge is 2.02. The van der Waals surface area contributed by atoms with E-state index in [4.69, 9.17) is 5.26 Å². The maximum absolute atomic E-state index is 8.94. The van der Waals surface area contributed by atoms with E-state index in [0.717, 1.165) is 22.2 Å². The molecule has 0 fully saturated rings. The molecule has 0 saturated carbocycles. The highest BCUT2D eigenvalue weighted by atomic mass is 14.9. The molecular formula is C16H14N4. The molecule has 3 rings (SSSR count). The third-order valence-electron chi connectivity index (χ3n) is 3.28.